The van der Waals surface area contributed by atoms with Crippen LogP contribution in [0.5, 0.6) is 0 Å². The van der Waals surface area contributed by atoms with Gasteiger partial charge in [0.1, 0.15) is 11.4 Å². The minimum absolute atomic E-state index is 0.0146. The fourth-order valence-electron chi connectivity index (χ4n) is 2.89. The molecule has 0 heterocycles. The number of amides is 1. The van der Waals surface area contributed by atoms with E-state index in [9.17, 15) is 14.4 Å². The number of rotatable bonds is 8. The van der Waals surface area contributed by atoms with Crippen molar-refractivity contribution in [2.45, 2.75) is 45.7 Å². The molecule has 2 N–H and O–H groups in total. The molecular formula is C23H28FN3O. The first-order valence-electron chi connectivity index (χ1n) is 9.59. The van der Waals surface area contributed by atoms with Gasteiger partial charge in [-0.25, -0.2) is 4.39 Å². The number of nitriles is 1. The maximum Gasteiger partial charge on any atom is 0.235 e. The Balaban J connectivity index is 2.20. The highest BCUT2D eigenvalue weighted by atomic mass is 19.1. The number of hydrogen-bond donors (Lipinski definition) is 2. The molecular weight excluding hydrogens is 353 g/mol. The SMILES string of the molecule is CCc1ccc([C@@H](NCC(=O)N[C@@](C)(C#N)C(C)C)c2cccc(F)c2)cc1. The lowest BCUT2D eigenvalue weighted by molar-refractivity contribution is -0.121. The standard InChI is InChI=1S/C23H28FN3O/c1-5-17-9-11-18(12-10-17)22(19-7-6-8-20(24)13-19)26-14-21(28)27-23(4,15-25)16(2)3/h6-13,16,22,26H,5,14H2,1-4H3,(H,27,28)/t22-,23+/m1/s1. The van der Waals surface area contributed by atoms with Crippen molar-refractivity contribution in [1.29, 1.82) is 5.26 Å². The van der Waals surface area contributed by atoms with Gasteiger partial charge in [-0.3, -0.25) is 10.1 Å². The van der Waals surface area contributed by atoms with E-state index in [1.165, 1.54) is 17.7 Å². The molecule has 4 nitrogen and oxygen atoms in total. The van der Waals surface area contributed by atoms with Crippen molar-refractivity contribution in [1.82, 2.24) is 10.6 Å². The van der Waals surface area contributed by atoms with E-state index in [0.717, 1.165) is 17.5 Å². The van der Waals surface area contributed by atoms with E-state index in [1.807, 2.05) is 44.2 Å². The summed E-state index contributed by atoms with van der Waals surface area (Å²) in [7, 11) is 0. The molecule has 0 fully saturated rings. The number of nitrogens with one attached hydrogen (secondary N) is 2. The van der Waals surface area contributed by atoms with Gasteiger partial charge in [0.2, 0.25) is 5.91 Å². The summed E-state index contributed by atoms with van der Waals surface area (Å²) in [6, 6.07) is 16.3. The quantitative estimate of drug-likeness (QED) is 0.723. The van der Waals surface area contributed by atoms with Crippen molar-refractivity contribution < 1.29 is 9.18 Å². The second-order valence-corrected chi connectivity index (χ2v) is 7.48. The monoisotopic (exact) mass is 381 g/mol. The predicted molar refractivity (Wildman–Crippen MR) is 109 cm³/mol. The van der Waals surface area contributed by atoms with Crippen LogP contribution in [0.15, 0.2) is 48.5 Å². The van der Waals surface area contributed by atoms with Crippen molar-refractivity contribution in [3.63, 3.8) is 0 Å². The average Bonchev–Trinajstić information content (AvgIpc) is 2.68. The molecule has 1 amide bonds. The van der Waals surface area contributed by atoms with Crippen LogP contribution in [0.2, 0.25) is 0 Å². The fraction of sp³-hybridized carbons (Fsp3) is 0.391. The van der Waals surface area contributed by atoms with Crippen molar-refractivity contribution in [2.75, 3.05) is 6.54 Å². The summed E-state index contributed by atoms with van der Waals surface area (Å²) in [5.74, 6) is -0.623. The molecule has 0 unspecified atom stereocenters. The van der Waals surface area contributed by atoms with Gasteiger partial charge in [-0.15, -0.1) is 0 Å². The summed E-state index contributed by atoms with van der Waals surface area (Å²) in [6.45, 7) is 7.59. The average molecular weight is 381 g/mol. The van der Waals surface area contributed by atoms with Crippen molar-refractivity contribution in [3.05, 3.63) is 71.0 Å². The van der Waals surface area contributed by atoms with Crippen LogP contribution in [0.1, 0.15) is 50.4 Å². The van der Waals surface area contributed by atoms with Crippen molar-refractivity contribution >= 4 is 5.91 Å². The van der Waals surface area contributed by atoms with E-state index in [-0.39, 0.29) is 30.2 Å². The van der Waals surface area contributed by atoms with E-state index in [1.54, 1.807) is 13.0 Å². The van der Waals surface area contributed by atoms with E-state index in [4.69, 9.17) is 0 Å². The first kappa shape index (κ1) is 21.6. The zero-order chi connectivity index (χ0) is 20.7. The lowest BCUT2D eigenvalue weighted by atomic mass is 9.90. The largest absolute Gasteiger partial charge is 0.337 e. The first-order chi connectivity index (χ1) is 13.3. The summed E-state index contributed by atoms with van der Waals surface area (Å²) in [6.07, 6.45) is 0.933. The topological polar surface area (TPSA) is 64.9 Å². The van der Waals surface area contributed by atoms with Gasteiger partial charge in [0.25, 0.3) is 0 Å². The number of benzene rings is 2. The molecule has 28 heavy (non-hydrogen) atoms. The normalized spacial score (nSPS) is 14.2. The van der Waals surface area contributed by atoms with Gasteiger partial charge in [0, 0.05) is 0 Å². The smallest absolute Gasteiger partial charge is 0.235 e. The van der Waals surface area contributed by atoms with Crippen LogP contribution in [0.4, 0.5) is 4.39 Å². The highest BCUT2D eigenvalue weighted by molar-refractivity contribution is 5.79. The van der Waals surface area contributed by atoms with E-state index >= 15 is 0 Å². The summed E-state index contributed by atoms with van der Waals surface area (Å²) in [5, 5.41) is 15.4. The Morgan fingerprint density at radius 1 is 1.18 bits per heavy atom. The second-order valence-electron chi connectivity index (χ2n) is 7.48. The summed E-state index contributed by atoms with van der Waals surface area (Å²) in [5.41, 5.74) is 1.96. The maximum atomic E-state index is 13.8. The number of carbonyl (C=O) groups excluding carboxylic acids is 1. The van der Waals surface area contributed by atoms with Crippen LogP contribution in [0.25, 0.3) is 0 Å². The van der Waals surface area contributed by atoms with Gasteiger partial charge in [0.15, 0.2) is 0 Å². The molecule has 0 saturated heterocycles. The Bertz CT molecular complexity index is 842. The van der Waals surface area contributed by atoms with Crippen molar-refractivity contribution in [3.8, 4) is 6.07 Å². The second kappa shape index (κ2) is 9.48. The molecule has 0 saturated carbocycles. The molecule has 2 rings (SSSR count). The fourth-order valence-corrected chi connectivity index (χ4v) is 2.89. The van der Waals surface area contributed by atoms with Gasteiger partial charge in [-0.2, -0.15) is 5.26 Å². The Labute approximate surface area is 166 Å². The molecule has 0 spiro atoms. The Kier molecular flexibility index (Phi) is 7.31. The lowest BCUT2D eigenvalue weighted by Gasteiger charge is -2.28. The van der Waals surface area contributed by atoms with Gasteiger partial charge < -0.3 is 5.32 Å². The predicted octanol–water partition coefficient (Wildman–Crippen LogP) is 4.12. The van der Waals surface area contributed by atoms with E-state index in [2.05, 4.69) is 23.6 Å². The summed E-state index contributed by atoms with van der Waals surface area (Å²) in [4.78, 5) is 12.5. The zero-order valence-corrected chi connectivity index (χ0v) is 16.9. The third-order valence-corrected chi connectivity index (χ3v) is 5.16. The van der Waals surface area contributed by atoms with Crippen LogP contribution in [0, 0.1) is 23.1 Å². The number of halogens is 1. The molecule has 2 aromatic carbocycles. The lowest BCUT2D eigenvalue weighted by Crippen LogP contribution is -2.51. The Hall–Kier alpha value is -2.71. The zero-order valence-electron chi connectivity index (χ0n) is 16.9. The van der Waals surface area contributed by atoms with E-state index in [0.29, 0.717) is 0 Å². The summed E-state index contributed by atoms with van der Waals surface area (Å²) < 4.78 is 13.8. The number of aryl methyl sites for hydroxylation is 1. The highest BCUT2D eigenvalue weighted by Crippen LogP contribution is 2.23. The third kappa shape index (κ3) is 5.40. The highest BCUT2D eigenvalue weighted by Gasteiger charge is 2.30. The maximum absolute atomic E-state index is 13.8. The van der Waals surface area contributed by atoms with Gasteiger partial charge in [0.05, 0.1) is 18.7 Å². The molecule has 0 bridgehead atoms. The first-order valence-corrected chi connectivity index (χ1v) is 9.59. The van der Waals surface area contributed by atoms with Crippen molar-refractivity contribution in [2.24, 2.45) is 5.92 Å². The van der Waals surface area contributed by atoms with E-state index < -0.39 is 5.54 Å². The number of hydrogen-bond acceptors (Lipinski definition) is 3. The molecule has 0 aliphatic heterocycles. The van der Waals surface area contributed by atoms with Gasteiger partial charge in [-0.05, 0) is 48.1 Å². The van der Waals surface area contributed by atoms with Crippen LogP contribution >= 0.6 is 0 Å². The Morgan fingerprint density at radius 2 is 1.86 bits per heavy atom. The molecule has 0 aliphatic carbocycles. The number of carbonyl (C=O) groups is 1. The minimum Gasteiger partial charge on any atom is -0.337 e. The minimum atomic E-state index is -0.935. The Morgan fingerprint density at radius 3 is 2.39 bits per heavy atom. The van der Waals surface area contributed by atoms with Gasteiger partial charge >= 0.3 is 0 Å². The van der Waals surface area contributed by atoms with Crippen LogP contribution in [0.3, 0.4) is 0 Å². The molecule has 148 valence electrons. The third-order valence-electron chi connectivity index (χ3n) is 5.16. The van der Waals surface area contributed by atoms with Crippen LogP contribution in [-0.4, -0.2) is 18.0 Å². The van der Waals surface area contributed by atoms with Crippen LogP contribution < -0.4 is 10.6 Å². The van der Waals surface area contributed by atoms with Crippen LogP contribution in [-0.2, 0) is 11.2 Å². The molecule has 5 heteroatoms. The van der Waals surface area contributed by atoms with Gasteiger partial charge in [-0.1, -0.05) is 57.2 Å². The molecule has 2 aromatic rings. The molecule has 0 radical (unpaired) electrons. The summed E-state index contributed by atoms with van der Waals surface area (Å²) >= 11 is 0. The number of nitrogens with zero attached hydrogens (tertiary/aromatic N) is 1. The molecule has 0 aliphatic rings. The molecule has 2 atom stereocenters. The molecule has 0 aromatic heterocycles.